The van der Waals surface area contributed by atoms with Crippen molar-refractivity contribution in [2.24, 2.45) is 0 Å². The van der Waals surface area contributed by atoms with Crippen LogP contribution in [0.1, 0.15) is 44.2 Å². The van der Waals surface area contributed by atoms with E-state index >= 15 is 0 Å². The smallest absolute Gasteiger partial charge is 0.142 e. The lowest BCUT2D eigenvalue weighted by Crippen LogP contribution is -2.26. The molecule has 1 fully saturated rings. The Morgan fingerprint density at radius 1 is 0.704 bits per heavy atom. The summed E-state index contributed by atoms with van der Waals surface area (Å²) in [6.45, 7) is 0. The van der Waals surface area contributed by atoms with Crippen molar-refractivity contribution < 1.29 is 9.15 Å². The van der Waals surface area contributed by atoms with Crippen LogP contribution in [-0.4, -0.2) is 6.10 Å². The fraction of sp³-hybridized carbons (Fsp3) is 0.333. The molecule has 2 aromatic carbocycles. The Hall–Kier alpha value is -2.18. The second-order valence-electron chi connectivity index (χ2n) is 7.53. The molecule has 2 heterocycles. The summed E-state index contributed by atoms with van der Waals surface area (Å²) in [4.78, 5) is 0. The van der Waals surface area contributed by atoms with Crippen molar-refractivity contribution in [1.29, 1.82) is 0 Å². The van der Waals surface area contributed by atoms with Gasteiger partial charge in [-0.25, -0.2) is 0 Å². The number of fused-ring (bicyclic) bond motifs is 4. The SMILES string of the molecule is c1cccc2c(cc1)oc1cccccc3c1p2C1CCCCCCC1O3. The Morgan fingerprint density at radius 3 is 2.30 bits per heavy atom. The normalized spacial score (nSPS) is 22.1. The summed E-state index contributed by atoms with van der Waals surface area (Å²) < 4.78 is 13.0. The van der Waals surface area contributed by atoms with Gasteiger partial charge in [-0.15, -0.1) is 0 Å². The maximum atomic E-state index is 6.61. The van der Waals surface area contributed by atoms with Gasteiger partial charge in [0.2, 0.25) is 0 Å². The van der Waals surface area contributed by atoms with Crippen molar-refractivity contribution in [2.45, 2.75) is 50.3 Å². The monoisotopic (exact) mass is 376 g/mol. The summed E-state index contributed by atoms with van der Waals surface area (Å²) in [7, 11) is -0.497. The van der Waals surface area contributed by atoms with Crippen LogP contribution in [0.15, 0.2) is 71.1 Å². The molecule has 1 aliphatic heterocycles. The van der Waals surface area contributed by atoms with E-state index in [9.17, 15) is 0 Å². The van der Waals surface area contributed by atoms with E-state index in [4.69, 9.17) is 9.15 Å². The van der Waals surface area contributed by atoms with Gasteiger partial charge in [0.25, 0.3) is 0 Å². The van der Waals surface area contributed by atoms with Crippen molar-refractivity contribution in [1.82, 2.24) is 0 Å². The average Bonchev–Trinajstić information content (AvgIpc) is 2.61. The van der Waals surface area contributed by atoms with Crippen LogP contribution in [0.25, 0.3) is 21.4 Å². The highest BCUT2D eigenvalue weighted by Crippen LogP contribution is 2.61. The molecule has 0 N–H and O–H groups in total. The van der Waals surface area contributed by atoms with E-state index in [0.717, 1.165) is 16.9 Å². The predicted molar refractivity (Wildman–Crippen MR) is 114 cm³/mol. The molecule has 0 saturated heterocycles. The van der Waals surface area contributed by atoms with Gasteiger partial charge < -0.3 is 9.15 Å². The van der Waals surface area contributed by atoms with Crippen LogP contribution in [0.4, 0.5) is 0 Å². The Morgan fingerprint density at radius 2 is 1.41 bits per heavy atom. The second kappa shape index (κ2) is 7.44. The van der Waals surface area contributed by atoms with Crippen LogP contribution < -0.4 is 4.74 Å². The molecule has 3 atom stereocenters. The zero-order valence-electron chi connectivity index (χ0n) is 15.5. The average molecular weight is 376 g/mol. The molecule has 3 aromatic rings. The molecule has 27 heavy (non-hydrogen) atoms. The van der Waals surface area contributed by atoms with Crippen LogP contribution in [0.5, 0.6) is 5.75 Å². The van der Waals surface area contributed by atoms with Gasteiger partial charge in [0.15, 0.2) is 0 Å². The first-order chi connectivity index (χ1) is 13.4. The molecule has 3 unspecified atom stereocenters. The van der Waals surface area contributed by atoms with Crippen LogP contribution in [0.3, 0.4) is 0 Å². The fourth-order valence-corrected chi connectivity index (χ4v) is 7.76. The van der Waals surface area contributed by atoms with Gasteiger partial charge in [0.1, 0.15) is 23.0 Å². The van der Waals surface area contributed by atoms with E-state index in [2.05, 4.69) is 66.7 Å². The number of rotatable bonds is 0. The topological polar surface area (TPSA) is 22.4 Å². The summed E-state index contributed by atoms with van der Waals surface area (Å²) in [5.74, 6) is 1.03. The van der Waals surface area contributed by atoms with Crippen molar-refractivity contribution in [3.05, 3.63) is 66.7 Å². The second-order valence-corrected chi connectivity index (χ2v) is 9.86. The Bertz CT molecular complexity index is 1040. The van der Waals surface area contributed by atoms with Crippen molar-refractivity contribution in [2.75, 3.05) is 0 Å². The molecule has 0 spiro atoms. The Labute approximate surface area is 161 Å². The zero-order chi connectivity index (χ0) is 18.1. The molecule has 1 saturated carbocycles. The maximum absolute atomic E-state index is 6.61. The third-order valence-electron chi connectivity index (χ3n) is 5.77. The Balaban J connectivity index is 1.91. The number of hydrogen-bond acceptors (Lipinski definition) is 2. The molecule has 3 heteroatoms. The van der Waals surface area contributed by atoms with Crippen molar-refractivity contribution in [3.63, 3.8) is 0 Å². The quantitative estimate of drug-likeness (QED) is 0.398. The van der Waals surface area contributed by atoms with Gasteiger partial charge in [0, 0.05) is 10.8 Å². The molecule has 1 aliphatic carbocycles. The molecule has 0 radical (unpaired) electrons. The lowest BCUT2D eigenvalue weighted by Gasteiger charge is -2.36. The largest absolute Gasteiger partial charge is 0.488 e. The van der Waals surface area contributed by atoms with Crippen LogP contribution in [0.2, 0.25) is 0 Å². The molecule has 0 amide bonds. The molecule has 2 aliphatic rings. The molecule has 138 valence electrons. The third-order valence-corrected chi connectivity index (χ3v) is 8.83. The highest BCUT2D eigenvalue weighted by atomic mass is 31.1. The highest BCUT2D eigenvalue weighted by Gasteiger charge is 2.33. The van der Waals surface area contributed by atoms with Crippen LogP contribution >= 0.6 is 7.53 Å². The fourth-order valence-electron chi connectivity index (χ4n) is 4.53. The highest BCUT2D eigenvalue weighted by molar-refractivity contribution is 7.61. The summed E-state index contributed by atoms with van der Waals surface area (Å²) in [5.41, 5.74) is 2.56. The molecule has 1 aromatic heterocycles. The van der Waals surface area contributed by atoms with Gasteiger partial charge in [-0.1, -0.05) is 69.3 Å². The third kappa shape index (κ3) is 3.17. The molecular weight excluding hydrogens is 351 g/mol. The lowest BCUT2D eigenvalue weighted by atomic mass is 9.98. The van der Waals surface area contributed by atoms with E-state index in [1.807, 2.05) is 0 Å². The van der Waals surface area contributed by atoms with E-state index in [0.29, 0.717) is 11.8 Å². The standard InChI is InChI=1S/C24H25O2P/c1-3-10-16-22-18(12-6-1)25-20-14-8-5-9-15-21-24(20)27(22)23-17-11-4-2-7-13-19(23)26-21/h1,3,5-6,8-10,12,14-16,19,23H,2,4,7,11,13,17H2. The van der Waals surface area contributed by atoms with Gasteiger partial charge in [-0.05, 0) is 43.5 Å². The maximum Gasteiger partial charge on any atom is 0.142 e. The first-order valence-electron chi connectivity index (χ1n) is 10.1. The van der Waals surface area contributed by atoms with Crippen LogP contribution in [0, 0.1) is 0 Å². The van der Waals surface area contributed by atoms with E-state index in [1.54, 1.807) is 0 Å². The van der Waals surface area contributed by atoms with Gasteiger partial charge in [-0.3, -0.25) is 0 Å². The first kappa shape index (κ1) is 17.0. The van der Waals surface area contributed by atoms with E-state index < -0.39 is 7.53 Å². The minimum atomic E-state index is -0.497. The molecular formula is C24H25O2P. The summed E-state index contributed by atoms with van der Waals surface area (Å²) >= 11 is 0. The van der Waals surface area contributed by atoms with Crippen molar-refractivity contribution >= 4 is 28.9 Å². The molecule has 2 nitrogen and oxygen atoms in total. The molecule has 5 rings (SSSR count). The first-order valence-corrected chi connectivity index (χ1v) is 11.5. The minimum Gasteiger partial charge on any atom is -0.488 e. The van der Waals surface area contributed by atoms with E-state index in [1.165, 1.54) is 48.8 Å². The van der Waals surface area contributed by atoms with Crippen LogP contribution in [-0.2, 0) is 0 Å². The Kier molecular flexibility index (Phi) is 4.67. The predicted octanol–water partition coefficient (Wildman–Crippen LogP) is 7.92. The summed E-state index contributed by atoms with van der Waals surface area (Å²) in [6.07, 6.45) is 8.03. The number of ether oxygens (including phenoxy) is 1. The molecule has 0 bridgehead atoms. The van der Waals surface area contributed by atoms with Crippen molar-refractivity contribution in [3.8, 4) is 5.75 Å². The van der Waals surface area contributed by atoms with E-state index in [-0.39, 0.29) is 0 Å². The minimum absolute atomic E-state index is 0.328. The van der Waals surface area contributed by atoms with Gasteiger partial charge in [0.05, 0.1) is 5.12 Å². The van der Waals surface area contributed by atoms with Gasteiger partial charge >= 0.3 is 0 Å². The summed E-state index contributed by atoms with van der Waals surface area (Å²) in [5, 5.41) is 2.67. The number of hydrogen-bond donors (Lipinski definition) is 0. The van der Waals surface area contributed by atoms with Gasteiger partial charge in [-0.2, -0.15) is 0 Å². The zero-order valence-corrected chi connectivity index (χ0v) is 16.4. The summed E-state index contributed by atoms with van der Waals surface area (Å²) in [6, 6.07) is 23.3. The lowest BCUT2D eigenvalue weighted by molar-refractivity contribution is 0.159.